The van der Waals surface area contributed by atoms with Gasteiger partial charge in [0.25, 0.3) is 0 Å². The van der Waals surface area contributed by atoms with Gasteiger partial charge in [-0.05, 0) is 36.1 Å². The first-order chi connectivity index (χ1) is 9.15. The summed E-state index contributed by atoms with van der Waals surface area (Å²) >= 11 is 1.90. The van der Waals surface area contributed by atoms with Crippen LogP contribution >= 0.6 is 11.8 Å². The lowest BCUT2D eigenvalue weighted by Gasteiger charge is -2.38. The Balaban J connectivity index is 2.30. The molecule has 2 N–H and O–H groups in total. The first-order valence-corrected chi connectivity index (χ1v) is 8.34. The number of nitrogens with two attached hydrogens (primary N) is 1. The Morgan fingerprint density at radius 2 is 1.95 bits per heavy atom. The molecule has 0 saturated carbocycles. The van der Waals surface area contributed by atoms with E-state index in [1.165, 1.54) is 22.6 Å². The van der Waals surface area contributed by atoms with E-state index in [1.54, 1.807) is 0 Å². The van der Waals surface area contributed by atoms with E-state index in [-0.39, 0.29) is 0 Å². The molecule has 0 aromatic heterocycles. The zero-order valence-electron chi connectivity index (χ0n) is 12.4. The summed E-state index contributed by atoms with van der Waals surface area (Å²) in [6.07, 6.45) is 1.35. The third-order valence-electron chi connectivity index (χ3n) is 3.82. The highest BCUT2D eigenvalue weighted by molar-refractivity contribution is 7.99. The standard InChI is InChI=1S/C16H26N2S/c1-4-19-16-7-5-6-15(14(16)9-17)18-10-12(2)8-13(3)11-18/h5-7,12-13H,4,8-11,17H2,1-3H3. The van der Waals surface area contributed by atoms with Gasteiger partial charge in [0.15, 0.2) is 0 Å². The third kappa shape index (κ3) is 3.46. The maximum absolute atomic E-state index is 6.02. The minimum absolute atomic E-state index is 0.637. The van der Waals surface area contributed by atoms with Crippen LogP contribution in [0.25, 0.3) is 0 Å². The highest BCUT2D eigenvalue weighted by atomic mass is 32.2. The molecule has 0 spiro atoms. The summed E-state index contributed by atoms with van der Waals surface area (Å²) in [6.45, 7) is 9.88. The Morgan fingerprint density at radius 3 is 2.53 bits per heavy atom. The Hall–Kier alpha value is -0.670. The minimum atomic E-state index is 0.637. The highest BCUT2D eigenvalue weighted by Crippen LogP contribution is 2.33. The van der Waals surface area contributed by atoms with E-state index in [9.17, 15) is 0 Å². The summed E-state index contributed by atoms with van der Waals surface area (Å²) in [5.41, 5.74) is 8.71. The van der Waals surface area contributed by atoms with Crippen molar-refractivity contribution >= 4 is 17.4 Å². The lowest BCUT2D eigenvalue weighted by molar-refractivity contribution is 0.356. The molecule has 1 saturated heterocycles. The van der Waals surface area contributed by atoms with E-state index < -0.39 is 0 Å². The third-order valence-corrected chi connectivity index (χ3v) is 4.80. The number of hydrogen-bond acceptors (Lipinski definition) is 3. The van der Waals surface area contributed by atoms with Crippen molar-refractivity contribution in [3.8, 4) is 0 Å². The molecule has 1 fully saturated rings. The van der Waals surface area contributed by atoms with E-state index in [0.29, 0.717) is 6.54 Å². The van der Waals surface area contributed by atoms with Crippen molar-refractivity contribution in [2.24, 2.45) is 17.6 Å². The predicted octanol–water partition coefficient (Wildman–Crippen LogP) is 3.74. The summed E-state index contributed by atoms with van der Waals surface area (Å²) in [5, 5.41) is 0. The van der Waals surface area contributed by atoms with Gasteiger partial charge in [-0.1, -0.05) is 26.8 Å². The van der Waals surface area contributed by atoms with Crippen LogP contribution in [0.3, 0.4) is 0 Å². The van der Waals surface area contributed by atoms with Gasteiger partial charge in [-0.2, -0.15) is 0 Å². The van der Waals surface area contributed by atoms with E-state index >= 15 is 0 Å². The SMILES string of the molecule is CCSc1cccc(N2CC(C)CC(C)C2)c1CN. The van der Waals surface area contributed by atoms with Crippen molar-refractivity contribution in [2.45, 2.75) is 38.6 Å². The molecule has 2 rings (SSSR count). The molecule has 1 aromatic rings. The van der Waals surface area contributed by atoms with Gasteiger partial charge in [-0.25, -0.2) is 0 Å². The van der Waals surface area contributed by atoms with Crippen LogP contribution in [0.5, 0.6) is 0 Å². The highest BCUT2D eigenvalue weighted by Gasteiger charge is 2.23. The van der Waals surface area contributed by atoms with Crippen molar-refractivity contribution in [3.05, 3.63) is 23.8 Å². The lowest BCUT2D eigenvalue weighted by atomic mass is 9.91. The van der Waals surface area contributed by atoms with Crippen LogP contribution in [0.15, 0.2) is 23.1 Å². The van der Waals surface area contributed by atoms with E-state index in [4.69, 9.17) is 5.73 Å². The van der Waals surface area contributed by atoms with Crippen molar-refractivity contribution in [3.63, 3.8) is 0 Å². The first-order valence-electron chi connectivity index (χ1n) is 7.35. The van der Waals surface area contributed by atoms with Crippen LogP contribution in [0.1, 0.15) is 32.8 Å². The van der Waals surface area contributed by atoms with Gasteiger partial charge in [-0.3, -0.25) is 0 Å². The molecular formula is C16H26N2S. The van der Waals surface area contributed by atoms with Crippen LogP contribution in [0, 0.1) is 11.8 Å². The van der Waals surface area contributed by atoms with Crippen LogP contribution in [-0.2, 0) is 6.54 Å². The van der Waals surface area contributed by atoms with Gasteiger partial charge >= 0.3 is 0 Å². The Bertz CT molecular complexity index is 409. The Labute approximate surface area is 121 Å². The van der Waals surface area contributed by atoms with Gasteiger partial charge in [0, 0.05) is 35.8 Å². The number of hydrogen-bond donors (Lipinski definition) is 1. The molecule has 2 unspecified atom stereocenters. The first kappa shape index (κ1) is 14.7. The number of thioether (sulfide) groups is 1. The smallest absolute Gasteiger partial charge is 0.0423 e. The summed E-state index contributed by atoms with van der Waals surface area (Å²) < 4.78 is 0. The number of piperidine rings is 1. The largest absolute Gasteiger partial charge is 0.371 e. The van der Waals surface area contributed by atoms with Crippen molar-refractivity contribution in [2.75, 3.05) is 23.7 Å². The molecule has 106 valence electrons. The molecule has 2 nitrogen and oxygen atoms in total. The van der Waals surface area contributed by atoms with E-state index in [2.05, 4.69) is 43.9 Å². The van der Waals surface area contributed by atoms with Crippen LogP contribution < -0.4 is 10.6 Å². The molecule has 0 bridgehead atoms. The van der Waals surface area contributed by atoms with Gasteiger partial charge < -0.3 is 10.6 Å². The molecule has 3 heteroatoms. The van der Waals surface area contributed by atoms with Gasteiger partial charge in [0.2, 0.25) is 0 Å². The average molecular weight is 278 g/mol. The number of anilines is 1. The monoisotopic (exact) mass is 278 g/mol. The van der Waals surface area contributed by atoms with Crippen LogP contribution in [0.4, 0.5) is 5.69 Å². The van der Waals surface area contributed by atoms with E-state index in [0.717, 1.165) is 30.7 Å². The fourth-order valence-corrected chi connectivity index (χ4v) is 4.05. The number of rotatable bonds is 4. The molecule has 1 aliphatic heterocycles. The van der Waals surface area contributed by atoms with Crippen molar-refractivity contribution in [1.82, 2.24) is 0 Å². The minimum Gasteiger partial charge on any atom is -0.371 e. The molecule has 1 aromatic carbocycles. The second-order valence-electron chi connectivity index (χ2n) is 5.74. The lowest BCUT2D eigenvalue weighted by Crippen LogP contribution is -2.39. The van der Waals surface area contributed by atoms with Crippen molar-refractivity contribution < 1.29 is 0 Å². The van der Waals surface area contributed by atoms with Crippen molar-refractivity contribution in [1.29, 1.82) is 0 Å². The second-order valence-corrected chi connectivity index (χ2v) is 7.05. The van der Waals surface area contributed by atoms with Gasteiger partial charge in [0.1, 0.15) is 0 Å². The quantitative estimate of drug-likeness (QED) is 0.851. The maximum atomic E-state index is 6.02. The number of benzene rings is 1. The Morgan fingerprint density at radius 1 is 1.26 bits per heavy atom. The molecule has 0 radical (unpaired) electrons. The molecule has 2 atom stereocenters. The van der Waals surface area contributed by atoms with E-state index in [1.807, 2.05) is 11.8 Å². The van der Waals surface area contributed by atoms with Gasteiger partial charge in [-0.15, -0.1) is 11.8 Å². The molecule has 1 heterocycles. The molecule has 19 heavy (non-hydrogen) atoms. The molecular weight excluding hydrogens is 252 g/mol. The molecule has 1 aliphatic rings. The summed E-state index contributed by atoms with van der Waals surface area (Å²) in [5.74, 6) is 2.65. The number of nitrogens with zero attached hydrogens (tertiary/aromatic N) is 1. The fourth-order valence-electron chi connectivity index (χ4n) is 3.21. The Kier molecular flexibility index (Phi) is 5.17. The predicted molar refractivity (Wildman–Crippen MR) is 85.9 cm³/mol. The van der Waals surface area contributed by atoms with Gasteiger partial charge in [0.05, 0.1) is 0 Å². The zero-order chi connectivity index (χ0) is 13.8. The summed E-state index contributed by atoms with van der Waals surface area (Å²) in [4.78, 5) is 3.90. The average Bonchev–Trinajstić information content (AvgIpc) is 2.37. The fraction of sp³-hybridized carbons (Fsp3) is 0.625. The summed E-state index contributed by atoms with van der Waals surface area (Å²) in [7, 11) is 0. The summed E-state index contributed by atoms with van der Waals surface area (Å²) in [6, 6.07) is 6.62. The van der Waals surface area contributed by atoms with Crippen LogP contribution in [-0.4, -0.2) is 18.8 Å². The molecule has 0 amide bonds. The maximum Gasteiger partial charge on any atom is 0.0423 e. The van der Waals surface area contributed by atoms with Crippen LogP contribution in [0.2, 0.25) is 0 Å². The normalized spacial score (nSPS) is 23.7. The zero-order valence-corrected chi connectivity index (χ0v) is 13.2. The topological polar surface area (TPSA) is 29.3 Å². The second kappa shape index (κ2) is 6.67. The molecule has 0 aliphatic carbocycles.